The Morgan fingerprint density at radius 1 is 0.897 bits per heavy atom. The van der Waals surface area contributed by atoms with Crippen molar-refractivity contribution in [3.05, 3.63) is 101 Å². The summed E-state index contributed by atoms with van der Waals surface area (Å²) in [5, 5.41) is 0. The second kappa shape index (κ2) is 9.50. The highest BCUT2D eigenvalue weighted by Gasteiger charge is 2.09. The third-order valence-corrected chi connectivity index (χ3v) is 4.18. The lowest BCUT2D eigenvalue weighted by molar-refractivity contribution is -0.121. The molecule has 0 atom stereocenters. The summed E-state index contributed by atoms with van der Waals surface area (Å²) in [6.45, 7) is 2.40. The van der Waals surface area contributed by atoms with Crippen LogP contribution in [0.1, 0.15) is 27.0 Å². The number of benzene rings is 3. The molecule has 0 heterocycles. The number of carbonyl (C=O) groups is 2. The van der Waals surface area contributed by atoms with Crippen molar-refractivity contribution < 1.29 is 18.7 Å². The van der Waals surface area contributed by atoms with Crippen LogP contribution in [0.3, 0.4) is 0 Å². The molecule has 0 spiro atoms. The van der Waals surface area contributed by atoms with Gasteiger partial charge in [-0.15, -0.1) is 0 Å². The van der Waals surface area contributed by atoms with Crippen LogP contribution >= 0.6 is 0 Å². The molecule has 0 fully saturated rings. The average Bonchev–Trinajstić information content (AvgIpc) is 2.72. The van der Waals surface area contributed by atoms with Crippen molar-refractivity contribution in [1.29, 1.82) is 0 Å². The normalized spacial score (nSPS) is 10.3. The van der Waals surface area contributed by atoms with Gasteiger partial charge in [-0.3, -0.25) is 20.4 Å². The van der Waals surface area contributed by atoms with E-state index in [1.54, 1.807) is 24.3 Å². The van der Waals surface area contributed by atoms with Crippen molar-refractivity contribution in [3.63, 3.8) is 0 Å². The predicted molar refractivity (Wildman–Crippen MR) is 108 cm³/mol. The highest BCUT2D eigenvalue weighted by Crippen LogP contribution is 2.15. The Balaban J connectivity index is 1.52. The highest BCUT2D eigenvalue weighted by atomic mass is 19.1. The first kappa shape index (κ1) is 20.1. The molecule has 29 heavy (non-hydrogen) atoms. The van der Waals surface area contributed by atoms with Crippen LogP contribution in [0.15, 0.2) is 72.8 Å². The second-order valence-corrected chi connectivity index (χ2v) is 6.61. The van der Waals surface area contributed by atoms with Gasteiger partial charge >= 0.3 is 0 Å². The first-order valence-corrected chi connectivity index (χ1v) is 9.11. The van der Waals surface area contributed by atoms with Gasteiger partial charge in [0.05, 0.1) is 6.42 Å². The van der Waals surface area contributed by atoms with E-state index in [1.165, 1.54) is 24.3 Å². The lowest BCUT2D eigenvalue weighted by Gasteiger charge is -2.10. The number of carbonyl (C=O) groups excluding carboxylic acids is 2. The summed E-state index contributed by atoms with van der Waals surface area (Å²) in [7, 11) is 0. The largest absolute Gasteiger partial charge is 0.489 e. The van der Waals surface area contributed by atoms with Gasteiger partial charge in [-0.05, 0) is 48.4 Å². The maximum absolute atomic E-state index is 12.9. The number of rotatable bonds is 6. The molecule has 3 aromatic carbocycles. The number of halogens is 1. The summed E-state index contributed by atoms with van der Waals surface area (Å²) in [6, 6.07) is 20.3. The lowest BCUT2D eigenvalue weighted by atomic mass is 10.1. The summed E-state index contributed by atoms with van der Waals surface area (Å²) in [6.07, 6.45) is 0.0280. The zero-order chi connectivity index (χ0) is 20.6. The number of hydrazine groups is 1. The Morgan fingerprint density at radius 2 is 1.66 bits per heavy atom. The Morgan fingerprint density at radius 3 is 2.41 bits per heavy atom. The van der Waals surface area contributed by atoms with E-state index in [0.717, 1.165) is 11.1 Å². The minimum Gasteiger partial charge on any atom is -0.489 e. The Hall–Kier alpha value is -3.67. The van der Waals surface area contributed by atoms with E-state index in [1.807, 2.05) is 31.2 Å². The number of hydrogen-bond acceptors (Lipinski definition) is 3. The van der Waals surface area contributed by atoms with Crippen molar-refractivity contribution in [2.24, 2.45) is 0 Å². The van der Waals surface area contributed by atoms with E-state index >= 15 is 0 Å². The van der Waals surface area contributed by atoms with E-state index < -0.39 is 11.8 Å². The molecule has 2 amide bonds. The van der Waals surface area contributed by atoms with Gasteiger partial charge in [0.25, 0.3) is 5.91 Å². The van der Waals surface area contributed by atoms with Crippen molar-refractivity contribution in [2.75, 3.05) is 0 Å². The van der Waals surface area contributed by atoms with Crippen molar-refractivity contribution in [2.45, 2.75) is 20.0 Å². The molecule has 6 heteroatoms. The van der Waals surface area contributed by atoms with Crippen LogP contribution in [-0.2, 0) is 17.8 Å². The van der Waals surface area contributed by atoms with Crippen LogP contribution in [0, 0.1) is 12.7 Å². The summed E-state index contributed by atoms with van der Waals surface area (Å²) < 4.78 is 18.7. The molecule has 5 nitrogen and oxygen atoms in total. The van der Waals surface area contributed by atoms with E-state index in [2.05, 4.69) is 10.9 Å². The Bertz CT molecular complexity index is 1000. The van der Waals surface area contributed by atoms with Gasteiger partial charge in [0.15, 0.2) is 0 Å². The van der Waals surface area contributed by atoms with E-state index in [0.29, 0.717) is 23.5 Å². The van der Waals surface area contributed by atoms with Crippen LogP contribution < -0.4 is 15.6 Å². The summed E-state index contributed by atoms with van der Waals surface area (Å²) in [5.74, 6) is -0.681. The molecule has 0 saturated heterocycles. The van der Waals surface area contributed by atoms with Crippen LogP contribution in [0.4, 0.5) is 4.39 Å². The molecule has 2 N–H and O–H groups in total. The van der Waals surface area contributed by atoms with Gasteiger partial charge in [-0.1, -0.05) is 48.0 Å². The van der Waals surface area contributed by atoms with Crippen LogP contribution in [0.2, 0.25) is 0 Å². The van der Waals surface area contributed by atoms with Crippen molar-refractivity contribution in [1.82, 2.24) is 10.9 Å². The van der Waals surface area contributed by atoms with Gasteiger partial charge in [0.2, 0.25) is 5.91 Å². The molecule has 0 aliphatic rings. The van der Waals surface area contributed by atoms with Gasteiger partial charge in [-0.2, -0.15) is 0 Å². The topological polar surface area (TPSA) is 67.4 Å². The monoisotopic (exact) mass is 392 g/mol. The molecule has 0 aliphatic carbocycles. The van der Waals surface area contributed by atoms with Crippen LogP contribution in [0.5, 0.6) is 5.75 Å². The molecule has 0 unspecified atom stereocenters. The molecular weight excluding hydrogens is 371 g/mol. The highest BCUT2D eigenvalue weighted by molar-refractivity contribution is 5.95. The maximum atomic E-state index is 12.9. The minimum absolute atomic E-state index is 0.0280. The Labute approximate surface area is 168 Å². The zero-order valence-corrected chi connectivity index (χ0v) is 15.9. The summed E-state index contributed by atoms with van der Waals surface area (Å²) >= 11 is 0. The van der Waals surface area contributed by atoms with E-state index in [9.17, 15) is 14.0 Å². The lowest BCUT2D eigenvalue weighted by Crippen LogP contribution is -2.42. The predicted octanol–water partition coefficient (Wildman–Crippen LogP) is 3.72. The van der Waals surface area contributed by atoms with Crippen molar-refractivity contribution >= 4 is 11.8 Å². The quantitative estimate of drug-likeness (QED) is 0.629. The average molecular weight is 392 g/mol. The van der Waals surface area contributed by atoms with E-state index in [4.69, 9.17) is 4.74 Å². The fraction of sp³-hybridized carbons (Fsp3) is 0.130. The first-order chi connectivity index (χ1) is 14.0. The fourth-order valence-electron chi connectivity index (χ4n) is 2.73. The fourth-order valence-corrected chi connectivity index (χ4v) is 2.73. The molecular formula is C23H21FN2O3. The van der Waals surface area contributed by atoms with Crippen LogP contribution in [-0.4, -0.2) is 11.8 Å². The van der Waals surface area contributed by atoms with Gasteiger partial charge < -0.3 is 4.74 Å². The molecule has 3 aromatic rings. The van der Waals surface area contributed by atoms with Crippen LogP contribution in [0.25, 0.3) is 0 Å². The molecule has 0 saturated carbocycles. The van der Waals surface area contributed by atoms with Gasteiger partial charge in [0, 0.05) is 5.56 Å². The number of aryl methyl sites for hydroxylation is 1. The number of hydrogen-bond donors (Lipinski definition) is 2. The third kappa shape index (κ3) is 6.17. The number of nitrogens with one attached hydrogen (secondary N) is 2. The summed E-state index contributed by atoms with van der Waals surface area (Å²) in [4.78, 5) is 24.2. The Kier molecular flexibility index (Phi) is 6.58. The van der Waals surface area contributed by atoms with Gasteiger partial charge in [-0.25, -0.2) is 4.39 Å². The zero-order valence-electron chi connectivity index (χ0n) is 15.9. The molecule has 0 aliphatic heterocycles. The van der Waals surface area contributed by atoms with E-state index in [-0.39, 0.29) is 12.2 Å². The molecule has 0 radical (unpaired) electrons. The number of ether oxygens (including phenoxy) is 1. The molecule has 3 rings (SSSR count). The minimum atomic E-state index is -0.460. The molecule has 0 bridgehead atoms. The smallest absolute Gasteiger partial charge is 0.269 e. The first-order valence-electron chi connectivity index (χ1n) is 9.11. The standard InChI is InChI=1S/C23H21FN2O3/c1-16-4-2-5-18(12-16)15-29-21-7-3-6-19(14-21)23(28)26-25-22(27)13-17-8-10-20(24)11-9-17/h2-12,14H,13,15H2,1H3,(H,25,27)(H,26,28). The number of amides is 2. The van der Waals surface area contributed by atoms with Crippen molar-refractivity contribution in [3.8, 4) is 5.75 Å². The summed E-state index contributed by atoms with van der Waals surface area (Å²) in [5.41, 5.74) is 7.91. The SMILES string of the molecule is Cc1cccc(COc2cccc(C(=O)NNC(=O)Cc3ccc(F)cc3)c2)c1. The van der Waals surface area contributed by atoms with Gasteiger partial charge in [0.1, 0.15) is 18.2 Å². The molecule has 0 aromatic heterocycles. The maximum Gasteiger partial charge on any atom is 0.269 e. The molecule has 148 valence electrons. The second-order valence-electron chi connectivity index (χ2n) is 6.61. The third-order valence-electron chi connectivity index (χ3n) is 4.18.